The molecule has 2 amide bonds. The molecule has 0 unspecified atom stereocenters. The first kappa shape index (κ1) is 27.1. The fraction of sp³-hybridized carbons (Fsp3) is 0.320. The van der Waals surface area contributed by atoms with Crippen molar-refractivity contribution in [1.82, 2.24) is 20.1 Å². The number of nitrogens with one attached hydrogen (secondary N) is 2. The third kappa shape index (κ3) is 5.34. The van der Waals surface area contributed by atoms with Crippen LogP contribution in [-0.2, 0) is 33.0 Å². The number of benzene rings is 1. The summed E-state index contributed by atoms with van der Waals surface area (Å²) >= 11 is 0. The number of hydrogen-bond donors (Lipinski definition) is 2. The number of alkyl halides is 3. The quantitative estimate of drug-likeness (QED) is 0.454. The van der Waals surface area contributed by atoms with Crippen LogP contribution in [-0.4, -0.2) is 59.8 Å². The van der Waals surface area contributed by atoms with Gasteiger partial charge < -0.3 is 15.4 Å². The van der Waals surface area contributed by atoms with E-state index in [2.05, 4.69) is 20.7 Å². The highest BCUT2D eigenvalue weighted by molar-refractivity contribution is 7.91. The standard InChI is InChI=1S/C25H21F3N6O5S/c1-40(37,38)12-20(35)31-22-21-18(33-34(22)19-5-2-14(10-29)11-30-19)9-24(32-23(21)36)7-6-15-8-16(3-4-17(15)24)39-13-25(26,27)28/h2-5,8,11H,6-7,9,12-13H2,1H3,(H,31,35)(H,32,36)/t24-/m1/s1. The Morgan fingerprint density at radius 2 is 2.08 bits per heavy atom. The zero-order chi connectivity index (χ0) is 28.9. The summed E-state index contributed by atoms with van der Waals surface area (Å²) in [6, 6.07) is 9.42. The summed E-state index contributed by atoms with van der Waals surface area (Å²) in [5.74, 6) is -2.15. The molecule has 3 aromatic rings. The van der Waals surface area contributed by atoms with Crippen LogP contribution < -0.4 is 15.4 Å². The van der Waals surface area contributed by atoms with Crippen LogP contribution in [0.25, 0.3) is 5.82 Å². The molecular formula is C25H21F3N6O5S. The lowest BCUT2D eigenvalue weighted by atomic mass is 9.82. The molecule has 208 valence electrons. The molecule has 0 fully saturated rings. The van der Waals surface area contributed by atoms with Crippen molar-refractivity contribution < 1.29 is 35.9 Å². The lowest BCUT2D eigenvalue weighted by molar-refractivity contribution is -0.153. The molecule has 2 N–H and O–H groups in total. The molecule has 40 heavy (non-hydrogen) atoms. The smallest absolute Gasteiger partial charge is 0.422 e. The van der Waals surface area contributed by atoms with Crippen molar-refractivity contribution in [1.29, 1.82) is 5.26 Å². The Morgan fingerprint density at radius 1 is 1.30 bits per heavy atom. The van der Waals surface area contributed by atoms with E-state index < -0.39 is 45.7 Å². The largest absolute Gasteiger partial charge is 0.484 e. The van der Waals surface area contributed by atoms with Crippen molar-refractivity contribution in [2.24, 2.45) is 0 Å². The van der Waals surface area contributed by atoms with Crippen LogP contribution in [0.3, 0.4) is 0 Å². The van der Waals surface area contributed by atoms with Gasteiger partial charge in [-0.3, -0.25) is 9.59 Å². The molecule has 1 atom stereocenters. The molecule has 1 aliphatic heterocycles. The number of nitrogens with zero attached hydrogens (tertiary/aromatic N) is 4. The zero-order valence-electron chi connectivity index (χ0n) is 20.9. The fourth-order valence-corrected chi connectivity index (χ4v) is 5.54. The van der Waals surface area contributed by atoms with Crippen molar-refractivity contribution in [2.45, 2.75) is 31.0 Å². The summed E-state index contributed by atoms with van der Waals surface area (Å²) in [5.41, 5.74) is 1.11. The summed E-state index contributed by atoms with van der Waals surface area (Å²) in [5, 5.41) is 19.1. The Labute approximate surface area is 225 Å². The highest BCUT2D eigenvalue weighted by Gasteiger charge is 2.47. The number of pyridine rings is 1. The molecule has 0 saturated carbocycles. The monoisotopic (exact) mass is 574 g/mol. The normalized spacial score (nSPS) is 18.0. The number of hydrogen-bond acceptors (Lipinski definition) is 8. The third-order valence-electron chi connectivity index (χ3n) is 6.57. The van der Waals surface area contributed by atoms with Crippen molar-refractivity contribution in [3.63, 3.8) is 0 Å². The van der Waals surface area contributed by atoms with Gasteiger partial charge in [-0.15, -0.1) is 0 Å². The minimum atomic E-state index is -4.48. The lowest BCUT2D eigenvalue weighted by Crippen LogP contribution is -2.49. The first-order chi connectivity index (χ1) is 18.8. The van der Waals surface area contributed by atoms with Gasteiger partial charge in [0.2, 0.25) is 5.91 Å². The highest BCUT2D eigenvalue weighted by atomic mass is 32.2. The van der Waals surface area contributed by atoms with Gasteiger partial charge in [0.15, 0.2) is 28.1 Å². The van der Waals surface area contributed by atoms with E-state index in [0.29, 0.717) is 24.1 Å². The Hall–Kier alpha value is -4.45. The third-order valence-corrected chi connectivity index (χ3v) is 7.35. The van der Waals surface area contributed by atoms with Crippen LogP contribution in [0.5, 0.6) is 5.75 Å². The van der Waals surface area contributed by atoms with Gasteiger partial charge in [0.1, 0.15) is 23.1 Å². The van der Waals surface area contributed by atoms with Gasteiger partial charge in [-0.25, -0.2) is 13.4 Å². The summed E-state index contributed by atoms with van der Waals surface area (Å²) in [6.07, 6.45) is -1.22. The van der Waals surface area contributed by atoms with Crippen LogP contribution in [0.2, 0.25) is 0 Å². The number of fused-ring (bicyclic) bond motifs is 3. The van der Waals surface area contributed by atoms with E-state index in [0.717, 1.165) is 11.8 Å². The molecule has 2 aliphatic rings. The first-order valence-corrected chi connectivity index (χ1v) is 13.9. The van der Waals surface area contributed by atoms with Crippen molar-refractivity contribution in [3.05, 3.63) is 64.5 Å². The van der Waals surface area contributed by atoms with Gasteiger partial charge in [0.25, 0.3) is 5.91 Å². The molecule has 5 rings (SSSR count). The number of aryl methyl sites for hydroxylation is 1. The number of halogens is 3. The number of amides is 2. The van der Waals surface area contributed by atoms with E-state index in [9.17, 15) is 31.2 Å². The fourth-order valence-electron chi connectivity index (χ4n) is 5.00. The van der Waals surface area contributed by atoms with E-state index in [-0.39, 0.29) is 34.9 Å². The Bertz CT molecular complexity index is 1680. The summed E-state index contributed by atoms with van der Waals surface area (Å²) in [4.78, 5) is 30.3. The molecule has 3 heterocycles. The van der Waals surface area contributed by atoms with Crippen LogP contribution in [0.15, 0.2) is 36.5 Å². The zero-order valence-corrected chi connectivity index (χ0v) is 21.7. The van der Waals surface area contributed by atoms with Crippen LogP contribution >= 0.6 is 0 Å². The second-order valence-corrected chi connectivity index (χ2v) is 11.8. The highest BCUT2D eigenvalue weighted by Crippen LogP contribution is 2.44. The van der Waals surface area contributed by atoms with Crippen LogP contribution in [0.1, 0.15) is 39.2 Å². The van der Waals surface area contributed by atoms with Gasteiger partial charge in [-0.05, 0) is 48.2 Å². The summed E-state index contributed by atoms with van der Waals surface area (Å²) in [6.45, 7) is -1.42. The van der Waals surface area contributed by atoms with Gasteiger partial charge in [0, 0.05) is 18.9 Å². The molecule has 11 nitrogen and oxygen atoms in total. The van der Waals surface area contributed by atoms with Crippen molar-refractivity contribution in [3.8, 4) is 17.6 Å². The Morgan fingerprint density at radius 3 is 2.73 bits per heavy atom. The Kier molecular flexibility index (Phi) is 6.53. The molecule has 1 aromatic carbocycles. The summed E-state index contributed by atoms with van der Waals surface area (Å²) in [7, 11) is -3.68. The topological polar surface area (TPSA) is 156 Å². The minimum Gasteiger partial charge on any atom is -0.484 e. The Balaban J connectivity index is 1.53. The van der Waals surface area contributed by atoms with Gasteiger partial charge in [-0.1, -0.05) is 6.07 Å². The average Bonchev–Trinajstić information content (AvgIpc) is 3.39. The van der Waals surface area contributed by atoms with E-state index >= 15 is 0 Å². The van der Waals surface area contributed by atoms with E-state index in [1.165, 1.54) is 35.1 Å². The number of anilines is 1. The lowest BCUT2D eigenvalue weighted by Gasteiger charge is -2.35. The molecule has 1 aliphatic carbocycles. The minimum absolute atomic E-state index is 0.0252. The molecule has 2 aromatic heterocycles. The maximum absolute atomic E-state index is 13.5. The first-order valence-electron chi connectivity index (χ1n) is 11.9. The molecule has 15 heteroatoms. The van der Waals surface area contributed by atoms with E-state index in [1.54, 1.807) is 6.07 Å². The molecule has 0 radical (unpaired) electrons. The van der Waals surface area contributed by atoms with Crippen molar-refractivity contribution >= 4 is 27.5 Å². The van der Waals surface area contributed by atoms with Crippen molar-refractivity contribution in [2.75, 3.05) is 23.9 Å². The number of nitriles is 1. The molecular weight excluding hydrogens is 553 g/mol. The molecule has 1 spiro atoms. The number of rotatable bonds is 6. The maximum atomic E-state index is 13.5. The maximum Gasteiger partial charge on any atom is 0.422 e. The molecule has 0 bridgehead atoms. The van der Waals surface area contributed by atoms with Gasteiger partial charge in [0.05, 0.1) is 16.8 Å². The van der Waals surface area contributed by atoms with Gasteiger partial charge >= 0.3 is 6.18 Å². The second-order valence-electron chi connectivity index (χ2n) is 9.65. The SMILES string of the molecule is CS(=O)(=O)CC(=O)Nc1c2c(nn1-c1ccc(C#N)cn1)C[C@@]1(CCc3cc(OCC(F)(F)F)ccc31)NC2=O. The predicted octanol–water partition coefficient (Wildman–Crippen LogP) is 2.19. The predicted molar refractivity (Wildman–Crippen MR) is 134 cm³/mol. The molecule has 0 saturated heterocycles. The van der Waals surface area contributed by atoms with E-state index in [4.69, 9.17) is 10.00 Å². The number of sulfone groups is 1. The average molecular weight is 575 g/mol. The van der Waals surface area contributed by atoms with Crippen LogP contribution in [0, 0.1) is 11.3 Å². The van der Waals surface area contributed by atoms with Gasteiger partial charge in [-0.2, -0.15) is 28.2 Å². The number of aromatic nitrogens is 3. The number of ether oxygens (including phenoxy) is 1. The van der Waals surface area contributed by atoms with Crippen LogP contribution in [0.4, 0.5) is 19.0 Å². The second kappa shape index (κ2) is 9.63. The van der Waals surface area contributed by atoms with E-state index in [1.807, 2.05) is 6.07 Å². The number of carbonyl (C=O) groups excluding carboxylic acids is 2. The summed E-state index contributed by atoms with van der Waals surface area (Å²) < 4.78 is 67.2. The number of carbonyl (C=O) groups is 2.